The van der Waals surface area contributed by atoms with Gasteiger partial charge in [-0.3, -0.25) is 0 Å². The zero-order chi connectivity index (χ0) is 7.33. The van der Waals surface area contributed by atoms with Crippen LogP contribution in [0.25, 0.3) is 0 Å². The molecular formula is C6H19O3Si2. The molecule has 11 heavy (non-hydrogen) atoms. The van der Waals surface area contributed by atoms with Gasteiger partial charge in [0.2, 0.25) is 0 Å². The third-order valence-corrected chi connectivity index (χ3v) is 3.31. The van der Waals surface area contributed by atoms with Crippen molar-refractivity contribution in [3.63, 3.8) is 0 Å². The molecule has 0 aromatic rings. The van der Waals surface area contributed by atoms with E-state index in [1.54, 1.807) is 27.0 Å². The van der Waals surface area contributed by atoms with Gasteiger partial charge >= 0.3 is 8.80 Å². The Hall–Kier alpha value is 0.0538. The fourth-order valence-electron chi connectivity index (χ4n) is 0.500. The van der Waals surface area contributed by atoms with Crippen LogP contribution in [0.15, 0.2) is 12.3 Å². The van der Waals surface area contributed by atoms with Crippen molar-refractivity contribution in [2.75, 3.05) is 21.3 Å². The molecule has 0 heterocycles. The highest BCUT2D eigenvalue weighted by molar-refractivity contribution is 6.66. The summed E-state index contributed by atoms with van der Waals surface area (Å²) in [7, 11) is 2.20. The first kappa shape index (κ1) is 17.2. The molecule has 0 unspecified atom stereocenters. The average Bonchev–Trinajstić information content (AvgIpc) is 1.95. The summed E-state index contributed by atoms with van der Waals surface area (Å²) in [5.74, 6) is 0. The lowest BCUT2D eigenvalue weighted by Crippen LogP contribution is -2.40. The second-order valence-electron chi connectivity index (χ2n) is 1.42. The second-order valence-corrected chi connectivity index (χ2v) is 4.26. The first-order valence-electron chi connectivity index (χ1n) is 2.53. The first-order valence-corrected chi connectivity index (χ1v) is 4.34. The van der Waals surface area contributed by atoms with Crippen molar-refractivity contribution in [2.24, 2.45) is 0 Å². The fourth-order valence-corrected chi connectivity index (χ4v) is 1.50. The van der Waals surface area contributed by atoms with Gasteiger partial charge in [-0.05, 0) is 16.7 Å². The summed E-state index contributed by atoms with van der Waals surface area (Å²) in [5.41, 5.74) is 1.58. The molecule has 0 aromatic carbocycles. The Morgan fingerprint density at radius 2 is 1.36 bits per heavy atom. The first-order chi connectivity index (χ1) is 4.24. The van der Waals surface area contributed by atoms with Gasteiger partial charge < -0.3 is 13.3 Å². The molecule has 0 N–H and O–H groups in total. The summed E-state index contributed by atoms with van der Waals surface area (Å²) < 4.78 is 14.9. The van der Waals surface area contributed by atoms with Crippen molar-refractivity contribution in [2.45, 2.75) is 0 Å². The summed E-state index contributed by atoms with van der Waals surface area (Å²) in [6, 6.07) is 0. The average molecular weight is 195 g/mol. The van der Waals surface area contributed by atoms with Crippen LogP contribution in [-0.4, -0.2) is 41.1 Å². The molecule has 0 aliphatic carbocycles. The topological polar surface area (TPSA) is 27.7 Å². The quantitative estimate of drug-likeness (QED) is 0.571. The van der Waals surface area contributed by atoms with Gasteiger partial charge in [0.15, 0.2) is 0 Å². The highest BCUT2D eigenvalue weighted by Crippen LogP contribution is 2.04. The van der Waals surface area contributed by atoms with Crippen LogP contribution < -0.4 is 0 Å². The molecule has 0 amide bonds. The number of hydrogen-bond donors (Lipinski definition) is 0. The van der Waals surface area contributed by atoms with Crippen molar-refractivity contribution in [1.29, 1.82) is 0 Å². The zero-order valence-electron chi connectivity index (χ0n) is 7.01. The van der Waals surface area contributed by atoms with Gasteiger partial charge in [0, 0.05) is 21.3 Å². The van der Waals surface area contributed by atoms with E-state index in [4.69, 9.17) is 13.3 Å². The largest absolute Gasteiger partial charge is 0.528 e. The number of hydrogen-bond acceptors (Lipinski definition) is 3. The molecule has 1 radical (unpaired) electrons. The maximum atomic E-state index is 4.96. The molecule has 5 heteroatoms. The minimum atomic E-state index is -2.43. The summed E-state index contributed by atoms with van der Waals surface area (Å²) >= 11 is 0. The normalized spacial score (nSPS) is 9.36. The van der Waals surface area contributed by atoms with Crippen LogP contribution in [0.5, 0.6) is 0 Å². The Kier molecular flexibility index (Phi) is 12.8. The molecule has 0 aliphatic rings. The molecule has 0 fully saturated rings. The minimum absolute atomic E-state index is 0. The third kappa shape index (κ3) is 4.49. The lowest BCUT2D eigenvalue weighted by molar-refractivity contribution is 0.138. The van der Waals surface area contributed by atoms with Crippen LogP contribution in [0, 0.1) is 7.43 Å². The van der Waals surface area contributed by atoms with E-state index in [1.165, 1.54) is 0 Å². The van der Waals surface area contributed by atoms with Crippen molar-refractivity contribution in [3.8, 4) is 0 Å². The van der Waals surface area contributed by atoms with Gasteiger partial charge in [-0.15, -0.1) is 0 Å². The molecule has 0 spiro atoms. The van der Waals surface area contributed by atoms with Gasteiger partial charge in [-0.2, -0.15) is 0 Å². The van der Waals surface area contributed by atoms with Gasteiger partial charge in [0.25, 0.3) is 0 Å². The fraction of sp³-hybridized carbons (Fsp3) is 0.500. The van der Waals surface area contributed by atoms with Crippen molar-refractivity contribution in [1.82, 2.24) is 0 Å². The monoisotopic (exact) mass is 195 g/mol. The van der Waals surface area contributed by atoms with Crippen LogP contribution in [0.3, 0.4) is 0 Å². The standard InChI is InChI=1S/C5H12O3Si.CH3.H4Si/c1-5-9(6-2,7-3)8-4;;/h5H,1H2,2-4H3;1H3;1H4. The molecule has 0 saturated carbocycles. The summed E-state index contributed by atoms with van der Waals surface area (Å²) in [5, 5.41) is 0. The summed E-state index contributed by atoms with van der Waals surface area (Å²) in [4.78, 5) is 0. The van der Waals surface area contributed by atoms with E-state index in [0.717, 1.165) is 0 Å². The predicted octanol–water partition coefficient (Wildman–Crippen LogP) is -0.412. The second kappa shape index (κ2) is 8.15. The molecule has 0 bridgehead atoms. The van der Waals surface area contributed by atoms with Crippen LogP contribution in [0.2, 0.25) is 0 Å². The lowest BCUT2D eigenvalue weighted by atomic mass is 11.3. The molecule has 0 rings (SSSR count). The summed E-state index contributed by atoms with van der Waals surface area (Å²) in [6.07, 6.45) is 0. The van der Waals surface area contributed by atoms with E-state index in [-0.39, 0.29) is 18.4 Å². The Balaban J connectivity index is -0.000000320. The van der Waals surface area contributed by atoms with Crippen molar-refractivity contribution >= 4 is 19.8 Å². The van der Waals surface area contributed by atoms with E-state index < -0.39 is 8.80 Å². The van der Waals surface area contributed by atoms with E-state index in [0.29, 0.717) is 0 Å². The predicted molar refractivity (Wildman–Crippen MR) is 54.7 cm³/mol. The van der Waals surface area contributed by atoms with Crippen LogP contribution in [-0.2, 0) is 13.3 Å². The van der Waals surface area contributed by atoms with Crippen LogP contribution in [0.4, 0.5) is 0 Å². The SMILES string of the molecule is C=C[Si](OC)(OC)OC.[CH3].[SiH4]. The third-order valence-electron chi connectivity index (χ3n) is 1.10. The molecule has 69 valence electrons. The Labute approximate surface area is 74.7 Å². The van der Waals surface area contributed by atoms with Gasteiger partial charge in [0.1, 0.15) is 0 Å². The highest BCUT2D eigenvalue weighted by Gasteiger charge is 2.33. The molecular weight excluding hydrogens is 176 g/mol. The van der Waals surface area contributed by atoms with Gasteiger partial charge in [-0.1, -0.05) is 14.0 Å². The van der Waals surface area contributed by atoms with Crippen molar-refractivity contribution < 1.29 is 13.3 Å². The molecule has 0 atom stereocenters. The zero-order valence-corrected chi connectivity index (χ0v) is 8.01. The van der Waals surface area contributed by atoms with E-state index in [9.17, 15) is 0 Å². The lowest BCUT2D eigenvalue weighted by Gasteiger charge is -2.19. The van der Waals surface area contributed by atoms with E-state index >= 15 is 0 Å². The van der Waals surface area contributed by atoms with Crippen LogP contribution in [0.1, 0.15) is 0 Å². The minimum Gasteiger partial charge on any atom is -0.374 e. The summed E-state index contributed by atoms with van der Waals surface area (Å²) in [6.45, 7) is 3.53. The smallest absolute Gasteiger partial charge is 0.374 e. The Morgan fingerprint density at radius 3 is 1.36 bits per heavy atom. The molecule has 0 aromatic heterocycles. The van der Waals surface area contributed by atoms with E-state index in [1.807, 2.05) is 0 Å². The molecule has 3 nitrogen and oxygen atoms in total. The maximum absolute atomic E-state index is 4.96. The highest BCUT2D eigenvalue weighted by atomic mass is 28.4. The van der Waals surface area contributed by atoms with E-state index in [2.05, 4.69) is 6.58 Å². The maximum Gasteiger partial charge on any atom is 0.528 e. The van der Waals surface area contributed by atoms with Crippen molar-refractivity contribution in [3.05, 3.63) is 19.7 Å². The number of rotatable bonds is 4. The van der Waals surface area contributed by atoms with Crippen LogP contribution >= 0.6 is 0 Å². The van der Waals surface area contributed by atoms with Gasteiger partial charge in [-0.25, -0.2) is 0 Å². The molecule has 0 aliphatic heterocycles. The molecule has 0 saturated heterocycles. The van der Waals surface area contributed by atoms with Gasteiger partial charge in [0.05, 0.1) is 0 Å². The Bertz CT molecular complexity index is 85.6. The Morgan fingerprint density at radius 1 is 1.09 bits per heavy atom.